The molecule has 1 aromatic heterocycles. The topological polar surface area (TPSA) is 37.4 Å². The second-order valence-corrected chi connectivity index (χ2v) is 6.94. The second-order valence-electron chi connectivity index (χ2n) is 5.83. The maximum absolute atomic E-state index is 5.89. The Hall–Kier alpha value is -0.490. The van der Waals surface area contributed by atoms with Crippen molar-refractivity contribution < 1.29 is 4.74 Å². The summed E-state index contributed by atoms with van der Waals surface area (Å²) in [5, 5.41) is 4.66. The molecule has 5 heteroatoms. The van der Waals surface area contributed by atoms with E-state index in [1.54, 1.807) is 0 Å². The van der Waals surface area contributed by atoms with Crippen molar-refractivity contribution in [2.24, 2.45) is 0 Å². The predicted molar refractivity (Wildman–Crippen MR) is 84.3 cm³/mol. The first-order valence-electron chi connectivity index (χ1n) is 7.62. The molecule has 4 nitrogen and oxygen atoms in total. The fraction of sp³-hybridized carbons (Fsp3) is 0.800. The van der Waals surface area contributed by atoms with E-state index in [1.807, 2.05) is 11.3 Å². The fourth-order valence-corrected chi connectivity index (χ4v) is 3.44. The van der Waals surface area contributed by atoms with Crippen LogP contribution in [0.2, 0.25) is 0 Å². The Labute approximate surface area is 126 Å². The number of rotatable bonds is 6. The number of hydrogen-bond acceptors (Lipinski definition) is 5. The summed E-state index contributed by atoms with van der Waals surface area (Å²) in [6.07, 6.45) is 2.36. The molecule has 0 amide bonds. The van der Waals surface area contributed by atoms with Gasteiger partial charge < -0.3 is 15.0 Å². The molecule has 0 aromatic carbocycles. The number of likely N-dealkylation sites (N-methyl/N-ethyl adjacent to an activating group) is 1. The van der Waals surface area contributed by atoms with E-state index in [0.29, 0.717) is 6.04 Å². The van der Waals surface area contributed by atoms with Crippen LogP contribution in [0, 0.1) is 0 Å². The zero-order valence-electron chi connectivity index (χ0n) is 13.1. The van der Waals surface area contributed by atoms with E-state index in [-0.39, 0.29) is 6.10 Å². The third-order valence-electron chi connectivity index (χ3n) is 3.50. The number of thiazole rings is 1. The van der Waals surface area contributed by atoms with Crippen molar-refractivity contribution in [3.8, 4) is 0 Å². The Morgan fingerprint density at radius 3 is 2.95 bits per heavy atom. The normalized spacial score (nSPS) is 20.8. The lowest BCUT2D eigenvalue weighted by Crippen LogP contribution is -2.35. The van der Waals surface area contributed by atoms with Gasteiger partial charge in [0.25, 0.3) is 0 Å². The molecular weight excluding hydrogens is 270 g/mol. The maximum atomic E-state index is 5.89. The van der Waals surface area contributed by atoms with E-state index >= 15 is 0 Å². The van der Waals surface area contributed by atoms with E-state index in [2.05, 4.69) is 38.0 Å². The van der Waals surface area contributed by atoms with Crippen molar-refractivity contribution in [2.75, 3.05) is 26.7 Å². The van der Waals surface area contributed by atoms with Gasteiger partial charge in [-0.25, -0.2) is 4.98 Å². The molecule has 1 atom stereocenters. The molecule has 20 heavy (non-hydrogen) atoms. The third kappa shape index (κ3) is 4.25. The van der Waals surface area contributed by atoms with Gasteiger partial charge in [-0.15, -0.1) is 11.3 Å². The van der Waals surface area contributed by atoms with Crippen LogP contribution in [0.1, 0.15) is 48.9 Å². The summed E-state index contributed by atoms with van der Waals surface area (Å²) < 4.78 is 5.89. The maximum Gasteiger partial charge on any atom is 0.123 e. The van der Waals surface area contributed by atoms with Crippen molar-refractivity contribution in [3.63, 3.8) is 0 Å². The first-order valence-corrected chi connectivity index (χ1v) is 8.43. The van der Waals surface area contributed by atoms with Crippen molar-refractivity contribution in [3.05, 3.63) is 15.6 Å². The zero-order valence-corrected chi connectivity index (χ0v) is 13.9. The fourth-order valence-electron chi connectivity index (χ4n) is 2.34. The highest BCUT2D eigenvalue weighted by Crippen LogP contribution is 2.29. The summed E-state index contributed by atoms with van der Waals surface area (Å²) >= 11 is 1.82. The Balaban J connectivity index is 2.10. The van der Waals surface area contributed by atoms with Gasteiger partial charge in [-0.05, 0) is 13.5 Å². The van der Waals surface area contributed by atoms with Crippen molar-refractivity contribution in [1.29, 1.82) is 0 Å². The lowest BCUT2D eigenvalue weighted by Gasteiger charge is -2.28. The first-order chi connectivity index (χ1) is 9.60. The lowest BCUT2D eigenvalue weighted by atomic mass is 10.2. The third-order valence-corrected chi connectivity index (χ3v) is 4.69. The van der Waals surface area contributed by atoms with E-state index in [0.717, 1.165) is 44.1 Å². The van der Waals surface area contributed by atoms with Crippen molar-refractivity contribution >= 4 is 11.3 Å². The average molecular weight is 297 g/mol. The van der Waals surface area contributed by atoms with Crippen LogP contribution in [-0.4, -0.2) is 42.7 Å². The monoisotopic (exact) mass is 297 g/mol. The minimum Gasteiger partial charge on any atom is -0.368 e. The van der Waals surface area contributed by atoms with Gasteiger partial charge in [0.05, 0.1) is 12.3 Å². The van der Waals surface area contributed by atoms with Crippen LogP contribution in [0.15, 0.2) is 0 Å². The van der Waals surface area contributed by atoms with Crippen LogP contribution < -0.4 is 5.32 Å². The summed E-state index contributed by atoms with van der Waals surface area (Å²) in [5.41, 5.74) is 1.26. The molecule has 0 bridgehead atoms. The minimum absolute atomic E-state index is 0.155. The quantitative estimate of drug-likeness (QED) is 0.876. The molecule has 1 N–H and O–H groups in total. The number of ether oxygens (including phenoxy) is 1. The van der Waals surface area contributed by atoms with Crippen LogP contribution in [0.3, 0.4) is 0 Å². The molecule has 0 saturated carbocycles. The van der Waals surface area contributed by atoms with Crippen LogP contribution in [0.25, 0.3) is 0 Å². The Kier molecular flexibility index (Phi) is 5.96. The summed E-state index contributed by atoms with van der Waals surface area (Å²) in [4.78, 5) is 8.57. The molecule has 0 spiro atoms. The lowest BCUT2D eigenvalue weighted by molar-refractivity contribution is -0.0210. The number of nitrogens with one attached hydrogen (secondary N) is 1. The van der Waals surface area contributed by atoms with Gasteiger partial charge in [-0.2, -0.15) is 0 Å². The van der Waals surface area contributed by atoms with Gasteiger partial charge in [0.1, 0.15) is 11.1 Å². The minimum atomic E-state index is 0.155. The number of aryl methyl sites for hydroxylation is 1. The van der Waals surface area contributed by atoms with Crippen LogP contribution >= 0.6 is 11.3 Å². The van der Waals surface area contributed by atoms with Gasteiger partial charge in [-0.3, -0.25) is 0 Å². The number of hydrogen-bond donors (Lipinski definition) is 1. The van der Waals surface area contributed by atoms with Gasteiger partial charge in [-0.1, -0.05) is 27.2 Å². The second kappa shape index (κ2) is 7.50. The van der Waals surface area contributed by atoms with E-state index in [1.165, 1.54) is 10.6 Å². The smallest absolute Gasteiger partial charge is 0.123 e. The number of morpholine rings is 1. The van der Waals surface area contributed by atoms with Crippen LogP contribution in [-0.2, 0) is 17.7 Å². The number of nitrogens with zero attached hydrogens (tertiary/aromatic N) is 2. The molecular formula is C15H27N3OS. The van der Waals surface area contributed by atoms with Gasteiger partial charge in [0.2, 0.25) is 0 Å². The van der Waals surface area contributed by atoms with E-state index < -0.39 is 0 Å². The molecule has 1 aromatic rings. The highest BCUT2D eigenvalue weighted by atomic mass is 32.1. The highest BCUT2D eigenvalue weighted by molar-refractivity contribution is 7.11. The average Bonchev–Trinajstić information content (AvgIpc) is 2.80. The molecule has 1 aliphatic heterocycles. The van der Waals surface area contributed by atoms with Gasteiger partial charge in [0, 0.05) is 30.6 Å². The van der Waals surface area contributed by atoms with Crippen molar-refractivity contribution in [1.82, 2.24) is 15.2 Å². The van der Waals surface area contributed by atoms with Gasteiger partial charge >= 0.3 is 0 Å². The van der Waals surface area contributed by atoms with E-state index in [9.17, 15) is 0 Å². The van der Waals surface area contributed by atoms with Crippen LogP contribution in [0.5, 0.6) is 0 Å². The Bertz CT molecular complexity index is 419. The van der Waals surface area contributed by atoms with E-state index in [4.69, 9.17) is 9.72 Å². The summed E-state index contributed by atoms with van der Waals surface area (Å²) in [6.45, 7) is 10.3. The standard InChI is InChI=1S/C15H27N3OS/c1-5-6-12-14(9-16-11(2)3)20-15(17-12)13-10-18(4)7-8-19-13/h11,13,16H,5-10H2,1-4H3. The molecule has 1 fully saturated rings. The Morgan fingerprint density at radius 2 is 2.30 bits per heavy atom. The Morgan fingerprint density at radius 1 is 1.50 bits per heavy atom. The molecule has 114 valence electrons. The SMILES string of the molecule is CCCc1nc(C2CN(C)CCO2)sc1CNC(C)C. The molecule has 2 rings (SSSR count). The highest BCUT2D eigenvalue weighted by Gasteiger charge is 2.24. The molecule has 1 aliphatic rings. The largest absolute Gasteiger partial charge is 0.368 e. The van der Waals surface area contributed by atoms with Gasteiger partial charge in [0.15, 0.2) is 0 Å². The summed E-state index contributed by atoms with van der Waals surface area (Å²) in [7, 11) is 2.15. The van der Waals surface area contributed by atoms with Crippen molar-refractivity contribution in [2.45, 2.75) is 52.3 Å². The predicted octanol–water partition coefficient (Wildman–Crippen LogP) is 2.60. The molecule has 1 unspecified atom stereocenters. The molecule has 0 aliphatic carbocycles. The first kappa shape index (κ1) is 15.9. The number of aromatic nitrogens is 1. The summed E-state index contributed by atoms with van der Waals surface area (Å²) in [6, 6.07) is 0.507. The molecule has 1 saturated heterocycles. The molecule has 0 radical (unpaired) electrons. The van der Waals surface area contributed by atoms with Crippen LogP contribution in [0.4, 0.5) is 0 Å². The zero-order chi connectivity index (χ0) is 14.5. The summed E-state index contributed by atoms with van der Waals surface area (Å²) in [5.74, 6) is 0. The molecule has 2 heterocycles.